The van der Waals surface area contributed by atoms with Gasteiger partial charge in [0.1, 0.15) is 0 Å². The molecule has 0 saturated carbocycles. The van der Waals surface area contributed by atoms with Crippen molar-refractivity contribution in [1.82, 2.24) is 0 Å². The summed E-state index contributed by atoms with van der Waals surface area (Å²) in [6, 6.07) is 36.0. The molecule has 7 rings (SSSR count). The van der Waals surface area contributed by atoms with Gasteiger partial charge in [-0.15, -0.1) is 0 Å². The second-order valence-electron chi connectivity index (χ2n) is 7.71. The molecule has 0 aromatic heterocycles. The van der Waals surface area contributed by atoms with Crippen LogP contribution in [-0.4, -0.2) is 0 Å². The normalized spacial score (nSPS) is 18.6. The summed E-state index contributed by atoms with van der Waals surface area (Å²) in [5.41, 5.74) is -3.41. The first kappa shape index (κ1) is 18.0. The Bertz CT molecular complexity index is 1420. The summed E-state index contributed by atoms with van der Waals surface area (Å²) in [7, 11) is 0. The summed E-state index contributed by atoms with van der Waals surface area (Å²) < 4.78 is 14.3. The molecule has 0 fully saturated rings. The maximum atomic E-state index is 7.17. The molecule has 2 nitrogen and oxygen atoms in total. The molecular formula is C26H17O2PS2. The topological polar surface area (TPSA) is 18.5 Å². The van der Waals surface area contributed by atoms with Crippen LogP contribution in [0, 0.1) is 0 Å². The van der Waals surface area contributed by atoms with Gasteiger partial charge in [-0.05, 0) is 0 Å². The van der Waals surface area contributed by atoms with Crippen molar-refractivity contribution in [3.63, 3.8) is 0 Å². The van der Waals surface area contributed by atoms with Crippen LogP contribution in [-0.2, 0) is 0 Å². The van der Waals surface area contributed by atoms with E-state index in [1.165, 1.54) is 20.6 Å². The fourth-order valence-electron chi connectivity index (χ4n) is 4.51. The van der Waals surface area contributed by atoms with Gasteiger partial charge < -0.3 is 0 Å². The molecule has 0 atom stereocenters. The van der Waals surface area contributed by atoms with Crippen LogP contribution >= 0.6 is 28.2 Å². The van der Waals surface area contributed by atoms with E-state index < -0.39 is 5.46 Å². The van der Waals surface area contributed by atoms with Gasteiger partial charge in [0.2, 0.25) is 0 Å². The van der Waals surface area contributed by atoms with Gasteiger partial charge in [-0.2, -0.15) is 0 Å². The van der Waals surface area contributed by atoms with Gasteiger partial charge in [0.15, 0.2) is 0 Å². The molecule has 2 aliphatic heterocycles. The number of hydrogen-bond acceptors (Lipinski definition) is 4. The first-order chi connectivity index (χ1) is 15.3. The number of benzene rings is 5. The predicted octanol–water partition coefficient (Wildman–Crippen LogP) is 8.20. The first-order valence-corrected chi connectivity index (χ1v) is 15.1. The molecule has 0 unspecified atom stereocenters. The second-order valence-corrected chi connectivity index (χ2v) is 17.2. The second kappa shape index (κ2) is 6.20. The van der Waals surface area contributed by atoms with Crippen molar-refractivity contribution in [3.8, 4) is 11.5 Å². The number of rotatable bonds is 1. The van der Waals surface area contributed by atoms with E-state index in [1.54, 1.807) is 22.8 Å². The fraction of sp³-hybridized carbons (Fsp3) is 0. The standard InChI is InChI=1S/C26H17O2PS2/c1-2-10-18(11-3-1)29(30-23-16-8-9-17-24(23)31-29)27-25-21-14-6-4-12-19(21)20-13-5-7-15-22(20)26(25)28-29/h1-17H. The Balaban J connectivity index is 1.58. The molecule has 0 amide bonds. The van der Waals surface area contributed by atoms with Crippen molar-refractivity contribution in [2.45, 2.75) is 9.79 Å². The molecule has 31 heavy (non-hydrogen) atoms. The van der Waals surface area contributed by atoms with Crippen LogP contribution in [0.4, 0.5) is 0 Å². The third-order valence-electron chi connectivity index (χ3n) is 5.88. The van der Waals surface area contributed by atoms with Gasteiger partial charge in [0.05, 0.1) is 0 Å². The summed E-state index contributed by atoms with van der Waals surface area (Å²) in [4.78, 5) is 2.44. The van der Waals surface area contributed by atoms with Crippen LogP contribution in [0.5, 0.6) is 11.5 Å². The zero-order valence-corrected chi connectivity index (χ0v) is 18.9. The molecule has 0 bridgehead atoms. The van der Waals surface area contributed by atoms with Crippen molar-refractivity contribution in [3.05, 3.63) is 103 Å². The molecule has 0 N–H and O–H groups in total. The van der Waals surface area contributed by atoms with E-state index in [1.807, 2.05) is 6.07 Å². The van der Waals surface area contributed by atoms with Crippen molar-refractivity contribution < 1.29 is 9.05 Å². The van der Waals surface area contributed by atoms with Crippen LogP contribution in [0.25, 0.3) is 21.5 Å². The molecular weight excluding hydrogens is 439 g/mol. The Morgan fingerprint density at radius 3 is 1.39 bits per heavy atom. The number of hydrogen-bond donors (Lipinski definition) is 0. The van der Waals surface area contributed by atoms with Crippen LogP contribution in [0.2, 0.25) is 0 Å². The molecule has 150 valence electrons. The predicted molar refractivity (Wildman–Crippen MR) is 134 cm³/mol. The van der Waals surface area contributed by atoms with Gasteiger partial charge in [0.25, 0.3) is 0 Å². The fourth-order valence-corrected chi connectivity index (χ4v) is 16.3. The van der Waals surface area contributed by atoms with Crippen LogP contribution in [0.1, 0.15) is 0 Å². The summed E-state index contributed by atoms with van der Waals surface area (Å²) in [5.74, 6) is 1.73. The van der Waals surface area contributed by atoms with Crippen molar-refractivity contribution in [1.29, 1.82) is 0 Å². The zero-order valence-electron chi connectivity index (χ0n) is 16.4. The van der Waals surface area contributed by atoms with E-state index >= 15 is 0 Å². The monoisotopic (exact) mass is 456 g/mol. The van der Waals surface area contributed by atoms with Crippen molar-refractivity contribution in [2.75, 3.05) is 0 Å². The summed E-state index contributed by atoms with van der Waals surface area (Å²) in [6.45, 7) is 0. The van der Waals surface area contributed by atoms with Gasteiger partial charge in [0, 0.05) is 0 Å². The number of fused-ring (bicyclic) bond motifs is 7. The molecule has 2 aliphatic rings. The average molecular weight is 457 g/mol. The Hall–Kier alpha value is -2.65. The van der Waals surface area contributed by atoms with E-state index in [4.69, 9.17) is 9.05 Å². The van der Waals surface area contributed by atoms with E-state index in [0.29, 0.717) is 0 Å². The average Bonchev–Trinajstić information content (AvgIpc) is 3.36. The van der Waals surface area contributed by atoms with E-state index in [2.05, 4.69) is 97.1 Å². The van der Waals surface area contributed by atoms with Gasteiger partial charge in [-0.25, -0.2) is 0 Å². The van der Waals surface area contributed by atoms with E-state index in [9.17, 15) is 0 Å². The van der Waals surface area contributed by atoms with Crippen LogP contribution < -0.4 is 14.4 Å². The van der Waals surface area contributed by atoms with E-state index in [0.717, 1.165) is 27.6 Å². The van der Waals surface area contributed by atoms with Gasteiger partial charge in [-0.1, -0.05) is 0 Å². The summed E-state index contributed by atoms with van der Waals surface area (Å²) in [6.07, 6.45) is 0. The summed E-state index contributed by atoms with van der Waals surface area (Å²) in [5, 5.41) is 5.71. The zero-order chi connectivity index (χ0) is 20.5. The maximum absolute atomic E-state index is 7.17. The first-order valence-electron chi connectivity index (χ1n) is 10.2. The molecule has 1 spiro atoms. The molecule has 2 heterocycles. The van der Waals surface area contributed by atoms with Gasteiger partial charge >= 0.3 is 189 Å². The Kier molecular flexibility index (Phi) is 3.59. The summed E-state index contributed by atoms with van der Waals surface area (Å²) >= 11 is 3.54. The Morgan fingerprint density at radius 2 is 0.871 bits per heavy atom. The molecule has 5 aromatic carbocycles. The Labute approximate surface area is 188 Å². The molecule has 5 heteroatoms. The molecule has 0 aliphatic carbocycles. The minimum atomic E-state index is -3.41. The molecule has 0 saturated heterocycles. The minimum absolute atomic E-state index is 0.864. The quantitative estimate of drug-likeness (QED) is 0.187. The van der Waals surface area contributed by atoms with Crippen molar-refractivity contribution in [2.24, 2.45) is 0 Å². The van der Waals surface area contributed by atoms with Gasteiger partial charge in [-0.3, -0.25) is 0 Å². The van der Waals surface area contributed by atoms with E-state index in [-0.39, 0.29) is 0 Å². The molecule has 5 aromatic rings. The Morgan fingerprint density at radius 1 is 0.452 bits per heavy atom. The third kappa shape index (κ3) is 2.36. The van der Waals surface area contributed by atoms with Crippen LogP contribution in [0.3, 0.4) is 0 Å². The SMILES string of the molecule is c1ccc(P23(Oc4c(c5ccccc5c5ccccc45)O2)Sc2ccccc2S3)cc1. The third-order valence-corrected chi connectivity index (χ3v) is 16.4. The van der Waals surface area contributed by atoms with Crippen molar-refractivity contribution >= 4 is 55.1 Å². The van der Waals surface area contributed by atoms with Crippen LogP contribution in [0.15, 0.2) is 113 Å². The molecule has 0 radical (unpaired) electrons.